The molecular weight excluding hydrogens is 258 g/mol. The monoisotopic (exact) mass is 281 g/mol. The summed E-state index contributed by atoms with van der Waals surface area (Å²) in [6.45, 7) is 3.81. The number of nitrogens with one attached hydrogen (secondary N) is 1. The number of benzene rings is 2. The van der Waals surface area contributed by atoms with Gasteiger partial charge in [0.15, 0.2) is 0 Å². The molecule has 0 aliphatic heterocycles. The van der Waals surface area contributed by atoms with Crippen LogP contribution < -0.4 is 10.1 Å². The Balaban J connectivity index is 1.67. The van der Waals surface area contributed by atoms with Gasteiger partial charge in [-0.15, -0.1) is 0 Å². The van der Waals surface area contributed by atoms with Crippen molar-refractivity contribution in [3.63, 3.8) is 0 Å². The summed E-state index contributed by atoms with van der Waals surface area (Å²) in [5, 5.41) is 3.61. The van der Waals surface area contributed by atoms with Crippen molar-refractivity contribution in [1.82, 2.24) is 5.32 Å². The molecule has 2 aromatic carbocycles. The van der Waals surface area contributed by atoms with Crippen molar-refractivity contribution in [2.45, 2.75) is 32.4 Å². The van der Waals surface area contributed by atoms with Crippen LogP contribution in [0.15, 0.2) is 54.6 Å². The first-order valence-corrected chi connectivity index (χ1v) is 7.87. The lowest BCUT2D eigenvalue weighted by Gasteiger charge is -2.18. The molecule has 0 aromatic heterocycles. The van der Waals surface area contributed by atoms with Gasteiger partial charge in [-0.1, -0.05) is 49.4 Å². The summed E-state index contributed by atoms with van der Waals surface area (Å²) in [5.41, 5.74) is 2.55. The molecule has 1 aliphatic carbocycles. The standard InChI is InChI=1S/C19H23NO/c1-2-20-19(16-11-12-16)17-9-6-10-18(13-17)21-14-15-7-4-3-5-8-15/h3-10,13,16,19-20H,2,11-12,14H2,1H3. The predicted octanol–water partition coefficient (Wildman–Crippen LogP) is 4.33. The molecule has 0 bridgehead atoms. The maximum atomic E-state index is 5.93. The summed E-state index contributed by atoms with van der Waals surface area (Å²) in [5.74, 6) is 1.76. The first-order valence-electron chi connectivity index (χ1n) is 7.87. The van der Waals surface area contributed by atoms with E-state index in [-0.39, 0.29) is 0 Å². The van der Waals surface area contributed by atoms with E-state index < -0.39 is 0 Å². The second kappa shape index (κ2) is 6.77. The number of hydrogen-bond donors (Lipinski definition) is 1. The molecule has 21 heavy (non-hydrogen) atoms. The van der Waals surface area contributed by atoms with Crippen molar-refractivity contribution in [3.8, 4) is 5.75 Å². The molecule has 0 saturated heterocycles. The minimum atomic E-state index is 0.482. The van der Waals surface area contributed by atoms with E-state index >= 15 is 0 Å². The van der Waals surface area contributed by atoms with Crippen molar-refractivity contribution < 1.29 is 4.74 Å². The molecule has 110 valence electrons. The van der Waals surface area contributed by atoms with Gasteiger partial charge in [0.05, 0.1) is 0 Å². The van der Waals surface area contributed by atoms with Gasteiger partial charge in [0.1, 0.15) is 12.4 Å². The van der Waals surface area contributed by atoms with E-state index in [9.17, 15) is 0 Å². The summed E-state index contributed by atoms with van der Waals surface area (Å²) >= 11 is 0. The highest BCUT2D eigenvalue weighted by Gasteiger charge is 2.31. The van der Waals surface area contributed by atoms with Crippen LogP contribution in [-0.4, -0.2) is 6.54 Å². The van der Waals surface area contributed by atoms with Gasteiger partial charge in [0.2, 0.25) is 0 Å². The molecule has 1 saturated carbocycles. The summed E-state index contributed by atoms with van der Waals surface area (Å²) < 4.78 is 5.93. The van der Waals surface area contributed by atoms with Crippen molar-refractivity contribution in [3.05, 3.63) is 65.7 Å². The molecule has 0 radical (unpaired) electrons. The van der Waals surface area contributed by atoms with Gasteiger partial charge in [0.25, 0.3) is 0 Å². The Labute approximate surface area is 127 Å². The van der Waals surface area contributed by atoms with Gasteiger partial charge in [0, 0.05) is 6.04 Å². The topological polar surface area (TPSA) is 21.3 Å². The quantitative estimate of drug-likeness (QED) is 0.815. The highest BCUT2D eigenvalue weighted by molar-refractivity contribution is 5.32. The Morgan fingerprint density at radius 1 is 1.10 bits per heavy atom. The maximum absolute atomic E-state index is 5.93. The summed E-state index contributed by atoms with van der Waals surface area (Å²) in [7, 11) is 0. The fraction of sp³-hybridized carbons (Fsp3) is 0.368. The van der Waals surface area contributed by atoms with Crippen LogP contribution in [0.3, 0.4) is 0 Å². The summed E-state index contributed by atoms with van der Waals surface area (Å²) in [4.78, 5) is 0. The van der Waals surface area contributed by atoms with Crippen LogP contribution >= 0.6 is 0 Å². The average molecular weight is 281 g/mol. The van der Waals surface area contributed by atoms with Gasteiger partial charge in [-0.25, -0.2) is 0 Å². The fourth-order valence-electron chi connectivity index (χ4n) is 2.74. The first kappa shape index (κ1) is 14.2. The third-order valence-corrected chi connectivity index (χ3v) is 3.98. The molecule has 2 nitrogen and oxygen atoms in total. The molecule has 0 amide bonds. The van der Waals surface area contributed by atoms with E-state index in [1.165, 1.54) is 24.0 Å². The highest BCUT2D eigenvalue weighted by atomic mass is 16.5. The third-order valence-electron chi connectivity index (χ3n) is 3.98. The Morgan fingerprint density at radius 3 is 2.62 bits per heavy atom. The van der Waals surface area contributed by atoms with Gasteiger partial charge in [-0.05, 0) is 48.6 Å². The fourth-order valence-corrected chi connectivity index (χ4v) is 2.74. The van der Waals surface area contributed by atoms with Gasteiger partial charge < -0.3 is 10.1 Å². The number of ether oxygens (including phenoxy) is 1. The second-order valence-corrected chi connectivity index (χ2v) is 5.72. The van der Waals surface area contributed by atoms with Crippen LogP contribution in [0.2, 0.25) is 0 Å². The van der Waals surface area contributed by atoms with Crippen LogP contribution in [0.1, 0.15) is 36.9 Å². The van der Waals surface area contributed by atoms with E-state index in [0.717, 1.165) is 18.2 Å². The molecule has 2 heteroatoms. The molecule has 0 heterocycles. The minimum Gasteiger partial charge on any atom is -0.489 e. The molecule has 1 N–H and O–H groups in total. The zero-order valence-corrected chi connectivity index (χ0v) is 12.6. The summed E-state index contributed by atoms with van der Waals surface area (Å²) in [6, 6.07) is 19.3. The smallest absolute Gasteiger partial charge is 0.120 e. The van der Waals surface area contributed by atoms with Crippen molar-refractivity contribution in [2.75, 3.05) is 6.54 Å². The van der Waals surface area contributed by atoms with Crippen LogP contribution in [-0.2, 0) is 6.61 Å². The van der Waals surface area contributed by atoms with Crippen molar-refractivity contribution in [2.24, 2.45) is 5.92 Å². The van der Waals surface area contributed by atoms with Crippen molar-refractivity contribution >= 4 is 0 Å². The first-order chi connectivity index (χ1) is 10.4. The molecule has 3 rings (SSSR count). The molecule has 1 atom stereocenters. The molecular formula is C19H23NO. The lowest BCUT2D eigenvalue weighted by Crippen LogP contribution is -2.22. The predicted molar refractivity (Wildman–Crippen MR) is 86.4 cm³/mol. The zero-order valence-electron chi connectivity index (χ0n) is 12.6. The molecule has 1 fully saturated rings. The summed E-state index contributed by atoms with van der Waals surface area (Å²) in [6.07, 6.45) is 2.68. The SMILES string of the molecule is CCNC(c1cccc(OCc2ccccc2)c1)C1CC1. The lowest BCUT2D eigenvalue weighted by atomic mass is 10.0. The van der Waals surface area contributed by atoms with E-state index in [1.807, 2.05) is 24.3 Å². The number of hydrogen-bond acceptors (Lipinski definition) is 2. The lowest BCUT2D eigenvalue weighted by molar-refractivity contribution is 0.305. The average Bonchev–Trinajstić information content (AvgIpc) is 3.37. The van der Waals surface area contributed by atoms with E-state index in [0.29, 0.717) is 12.6 Å². The van der Waals surface area contributed by atoms with Gasteiger partial charge >= 0.3 is 0 Å². The van der Waals surface area contributed by atoms with Gasteiger partial charge in [-0.3, -0.25) is 0 Å². The normalized spacial score (nSPS) is 15.7. The number of rotatable bonds is 7. The highest BCUT2D eigenvalue weighted by Crippen LogP contribution is 2.41. The minimum absolute atomic E-state index is 0.482. The van der Waals surface area contributed by atoms with Gasteiger partial charge in [-0.2, -0.15) is 0 Å². The van der Waals surface area contributed by atoms with Crippen LogP contribution in [0.25, 0.3) is 0 Å². The Hall–Kier alpha value is -1.80. The Kier molecular flexibility index (Phi) is 4.56. The van der Waals surface area contributed by atoms with Crippen LogP contribution in [0, 0.1) is 5.92 Å². The maximum Gasteiger partial charge on any atom is 0.120 e. The molecule has 1 aliphatic rings. The van der Waals surface area contributed by atoms with Crippen molar-refractivity contribution in [1.29, 1.82) is 0 Å². The Morgan fingerprint density at radius 2 is 1.90 bits per heavy atom. The molecule has 0 spiro atoms. The van der Waals surface area contributed by atoms with E-state index in [4.69, 9.17) is 4.74 Å². The Bertz CT molecular complexity index is 563. The molecule has 2 aromatic rings. The van der Waals surface area contributed by atoms with E-state index in [2.05, 4.69) is 42.6 Å². The van der Waals surface area contributed by atoms with Crippen LogP contribution in [0.5, 0.6) is 5.75 Å². The largest absolute Gasteiger partial charge is 0.489 e. The van der Waals surface area contributed by atoms with E-state index in [1.54, 1.807) is 0 Å². The zero-order chi connectivity index (χ0) is 14.5. The second-order valence-electron chi connectivity index (χ2n) is 5.72. The van der Waals surface area contributed by atoms with Crippen LogP contribution in [0.4, 0.5) is 0 Å². The molecule has 1 unspecified atom stereocenters. The third kappa shape index (κ3) is 3.85.